The van der Waals surface area contributed by atoms with E-state index in [9.17, 15) is 9.59 Å². The van der Waals surface area contributed by atoms with Gasteiger partial charge in [-0.05, 0) is 44.2 Å². The fourth-order valence-electron chi connectivity index (χ4n) is 2.19. The number of carbonyl (C=O) groups is 1. The van der Waals surface area contributed by atoms with E-state index in [1.165, 1.54) is 24.3 Å². The topological polar surface area (TPSA) is 126 Å². The molecule has 0 radical (unpaired) electrons. The molecule has 132 valence electrons. The molecule has 1 aromatic carbocycles. The zero-order valence-electron chi connectivity index (χ0n) is 13.8. The lowest BCUT2D eigenvalue weighted by atomic mass is 10.2. The number of halogens is 1. The van der Waals surface area contributed by atoms with E-state index < -0.39 is 11.5 Å². The second-order valence-corrected chi connectivity index (χ2v) is 5.80. The van der Waals surface area contributed by atoms with Gasteiger partial charge in [-0.3, -0.25) is 9.89 Å². The number of hydrogen-bond donors (Lipinski definition) is 2. The van der Waals surface area contributed by atoms with Crippen molar-refractivity contribution < 1.29 is 9.90 Å². The number of aromatic amines is 1. The summed E-state index contributed by atoms with van der Waals surface area (Å²) in [5.41, 5.74) is 1.25. The SMILES string of the molecule is Cc1cc(Cl)nc(-n2[nH]c(C)c(N=Nc3ccc(C(=O)O)cc3)c2=O)n1. The van der Waals surface area contributed by atoms with Crippen molar-refractivity contribution in [1.29, 1.82) is 0 Å². The van der Waals surface area contributed by atoms with Crippen molar-refractivity contribution in [2.75, 3.05) is 0 Å². The molecule has 0 spiro atoms. The number of aromatic carboxylic acids is 1. The summed E-state index contributed by atoms with van der Waals surface area (Å²) >= 11 is 5.91. The molecule has 3 rings (SSSR count). The third-order valence-corrected chi connectivity index (χ3v) is 3.62. The lowest BCUT2D eigenvalue weighted by Crippen LogP contribution is -2.17. The van der Waals surface area contributed by atoms with Crippen molar-refractivity contribution in [3.63, 3.8) is 0 Å². The van der Waals surface area contributed by atoms with Crippen molar-refractivity contribution in [1.82, 2.24) is 19.7 Å². The number of benzene rings is 1. The number of carboxylic acid groups (broad SMARTS) is 1. The predicted octanol–water partition coefficient (Wildman–Crippen LogP) is 3.34. The van der Waals surface area contributed by atoms with E-state index in [4.69, 9.17) is 16.7 Å². The molecule has 0 fully saturated rings. The van der Waals surface area contributed by atoms with Crippen LogP contribution in [0.4, 0.5) is 11.4 Å². The summed E-state index contributed by atoms with van der Waals surface area (Å²) in [6.45, 7) is 3.40. The minimum absolute atomic E-state index is 0.0912. The quantitative estimate of drug-likeness (QED) is 0.536. The fourth-order valence-corrected chi connectivity index (χ4v) is 2.42. The van der Waals surface area contributed by atoms with Gasteiger partial charge in [-0.2, -0.15) is 14.8 Å². The van der Waals surface area contributed by atoms with Gasteiger partial charge < -0.3 is 5.11 Å². The molecule has 2 heterocycles. The number of aromatic nitrogens is 4. The van der Waals surface area contributed by atoms with Crippen LogP contribution >= 0.6 is 11.6 Å². The third-order valence-electron chi connectivity index (χ3n) is 3.43. The largest absolute Gasteiger partial charge is 0.478 e. The predicted molar refractivity (Wildman–Crippen MR) is 94.0 cm³/mol. The Bertz CT molecular complexity index is 1050. The van der Waals surface area contributed by atoms with Gasteiger partial charge in [0.15, 0.2) is 5.69 Å². The normalized spacial score (nSPS) is 11.2. The second kappa shape index (κ2) is 6.89. The molecule has 0 aliphatic heterocycles. The highest BCUT2D eigenvalue weighted by molar-refractivity contribution is 6.29. The molecule has 0 saturated carbocycles. The standard InChI is InChI=1S/C16H13ClN6O3/c1-8-7-12(17)19-16(18-8)23-14(24)13(9(2)22-23)21-20-11-5-3-10(4-6-11)15(25)26/h3-7,22H,1-2H3,(H,25,26). The highest BCUT2D eigenvalue weighted by Gasteiger charge is 2.15. The fraction of sp³-hybridized carbons (Fsp3) is 0.125. The minimum Gasteiger partial charge on any atom is -0.478 e. The van der Waals surface area contributed by atoms with Crippen LogP contribution in [0.15, 0.2) is 45.4 Å². The monoisotopic (exact) mass is 372 g/mol. The van der Waals surface area contributed by atoms with Gasteiger partial charge in [0.1, 0.15) is 5.15 Å². The number of H-pyrrole nitrogens is 1. The summed E-state index contributed by atoms with van der Waals surface area (Å²) in [5.74, 6) is -0.926. The summed E-state index contributed by atoms with van der Waals surface area (Å²) in [4.78, 5) is 31.6. The van der Waals surface area contributed by atoms with E-state index in [0.717, 1.165) is 4.68 Å². The van der Waals surface area contributed by atoms with E-state index in [1.54, 1.807) is 19.9 Å². The number of aryl methyl sites for hydroxylation is 2. The average Bonchev–Trinajstić information content (AvgIpc) is 2.87. The Morgan fingerprint density at radius 2 is 1.88 bits per heavy atom. The number of rotatable bonds is 4. The van der Waals surface area contributed by atoms with Gasteiger partial charge >= 0.3 is 11.5 Å². The van der Waals surface area contributed by atoms with Crippen LogP contribution in [0.25, 0.3) is 5.95 Å². The van der Waals surface area contributed by atoms with Gasteiger partial charge in [0.05, 0.1) is 16.9 Å². The van der Waals surface area contributed by atoms with Crippen LogP contribution in [0.2, 0.25) is 5.15 Å². The molecule has 0 aliphatic carbocycles. The lowest BCUT2D eigenvalue weighted by Gasteiger charge is -2.01. The molecular formula is C16H13ClN6O3. The van der Waals surface area contributed by atoms with Crippen LogP contribution in [0.3, 0.4) is 0 Å². The summed E-state index contributed by atoms with van der Waals surface area (Å²) < 4.78 is 1.14. The van der Waals surface area contributed by atoms with Crippen molar-refractivity contribution in [3.05, 3.63) is 62.8 Å². The summed E-state index contributed by atoms with van der Waals surface area (Å²) in [7, 11) is 0. The maximum Gasteiger partial charge on any atom is 0.335 e. The number of azo groups is 1. The zero-order valence-corrected chi connectivity index (χ0v) is 14.5. The number of hydrogen-bond acceptors (Lipinski definition) is 6. The Balaban J connectivity index is 1.95. The molecule has 9 nitrogen and oxygen atoms in total. The summed E-state index contributed by atoms with van der Waals surface area (Å²) in [6.07, 6.45) is 0. The average molecular weight is 373 g/mol. The van der Waals surface area contributed by atoms with Gasteiger partial charge in [0, 0.05) is 5.69 Å². The van der Waals surface area contributed by atoms with Crippen molar-refractivity contribution in [2.45, 2.75) is 13.8 Å². The smallest absolute Gasteiger partial charge is 0.335 e. The minimum atomic E-state index is -1.03. The van der Waals surface area contributed by atoms with E-state index in [-0.39, 0.29) is 22.4 Å². The first-order chi connectivity index (χ1) is 12.3. The third kappa shape index (κ3) is 3.52. The van der Waals surface area contributed by atoms with E-state index in [1.807, 2.05) is 0 Å². The van der Waals surface area contributed by atoms with Crippen LogP contribution < -0.4 is 5.56 Å². The molecule has 0 unspecified atom stereocenters. The van der Waals surface area contributed by atoms with E-state index in [2.05, 4.69) is 25.3 Å². The molecule has 2 aromatic heterocycles. The highest BCUT2D eigenvalue weighted by atomic mass is 35.5. The molecule has 10 heteroatoms. The molecule has 0 saturated heterocycles. The number of nitrogens with zero attached hydrogens (tertiary/aromatic N) is 5. The van der Waals surface area contributed by atoms with Gasteiger partial charge in [-0.15, -0.1) is 5.11 Å². The van der Waals surface area contributed by atoms with Crippen molar-refractivity contribution in [3.8, 4) is 5.95 Å². The van der Waals surface area contributed by atoms with Crippen LogP contribution in [0.5, 0.6) is 0 Å². The van der Waals surface area contributed by atoms with E-state index >= 15 is 0 Å². The Hall–Kier alpha value is -3.33. The summed E-state index contributed by atoms with van der Waals surface area (Å²) in [5, 5.41) is 19.9. The molecule has 3 aromatic rings. The van der Waals surface area contributed by atoms with Gasteiger partial charge in [-0.1, -0.05) is 11.6 Å². The van der Waals surface area contributed by atoms with Gasteiger partial charge in [0.2, 0.25) is 0 Å². The summed E-state index contributed by atoms with van der Waals surface area (Å²) in [6, 6.07) is 7.38. The number of carboxylic acids is 1. The van der Waals surface area contributed by atoms with Crippen LogP contribution in [-0.2, 0) is 0 Å². The molecule has 2 N–H and O–H groups in total. The molecule has 26 heavy (non-hydrogen) atoms. The molecule has 0 bridgehead atoms. The first-order valence-corrected chi connectivity index (χ1v) is 7.81. The first-order valence-electron chi connectivity index (χ1n) is 7.43. The maximum atomic E-state index is 12.6. The first kappa shape index (κ1) is 17.5. The Morgan fingerprint density at radius 1 is 1.19 bits per heavy atom. The molecular weight excluding hydrogens is 360 g/mol. The Kier molecular flexibility index (Phi) is 4.63. The zero-order chi connectivity index (χ0) is 18.8. The van der Waals surface area contributed by atoms with Crippen molar-refractivity contribution in [2.24, 2.45) is 10.2 Å². The molecule has 0 atom stereocenters. The van der Waals surface area contributed by atoms with E-state index in [0.29, 0.717) is 17.1 Å². The Morgan fingerprint density at radius 3 is 2.50 bits per heavy atom. The van der Waals surface area contributed by atoms with Crippen LogP contribution in [0, 0.1) is 13.8 Å². The molecule has 0 aliphatic rings. The van der Waals surface area contributed by atoms with Crippen LogP contribution in [0.1, 0.15) is 21.7 Å². The van der Waals surface area contributed by atoms with Gasteiger partial charge in [-0.25, -0.2) is 9.78 Å². The second-order valence-electron chi connectivity index (χ2n) is 5.41. The number of nitrogens with one attached hydrogen (secondary N) is 1. The Labute approximate surface area is 152 Å². The molecule has 0 amide bonds. The van der Waals surface area contributed by atoms with Crippen LogP contribution in [-0.4, -0.2) is 30.8 Å². The van der Waals surface area contributed by atoms with Gasteiger partial charge in [0.25, 0.3) is 5.95 Å². The highest BCUT2D eigenvalue weighted by Crippen LogP contribution is 2.19. The lowest BCUT2D eigenvalue weighted by molar-refractivity contribution is 0.0697. The maximum absolute atomic E-state index is 12.6. The van der Waals surface area contributed by atoms with Crippen molar-refractivity contribution >= 4 is 28.9 Å².